The van der Waals surface area contributed by atoms with Crippen molar-refractivity contribution in [2.45, 2.75) is 24.2 Å². The van der Waals surface area contributed by atoms with Gasteiger partial charge in [0.25, 0.3) is 5.91 Å². The number of sulfonamides is 1. The summed E-state index contributed by atoms with van der Waals surface area (Å²) in [6.45, 7) is 0.561. The van der Waals surface area contributed by atoms with Crippen molar-refractivity contribution in [2.75, 3.05) is 27.7 Å². The van der Waals surface area contributed by atoms with E-state index in [1.165, 1.54) is 38.4 Å². The molecule has 0 spiro atoms. The Morgan fingerprint density at radius 3 is 2.33 bits per heavy atom. The molecule has 1 N–H and O–H groups in total. The van der Waals surface area contributed by atoms with Crippen LogP contribution in [0, 0.1) is 0 Å². The van der Waals surface area contributed by atoms with Gasteiger partial charge in [0.1, 0.15) is 5.75 Å². The van der Waals surface area contributed by atoms with Crippen LogP contribution in [0.15, 0.2) is 53.4 Å². The summed E-state index contributed by atoms with van der Waals surface area (Å²) in [5.74, 6) is 0.676. The van der Waals surface area contributed by atoms with Crippen molar-refractivity contribution in [3.63, 3.8) is 0 Å². The van der Waals surface area contributed by atoms with Crippen molar-refractivity contribution in [3.05, 3.63) is 59.7 Å². The molecule has 0 bridgehead atoms. The second kappa shape index (κ2) is 9.53. The number of ether oxygens (including phenoxy) is 1. The zero-order valence-electron chi connectivity index (χ0n) is 15.9. The van der Waals surface area contributed by atoms with Gasteiger partial charge < -0.3 is 10.1 Å². The van der Waals surface area contributed by atoms with E-state index in [9.17, 15) is 13.2 Å². The zero-order valence-corrected chi connectivity index (χ0v) is 16.8. The number of carbonyl (C=O) groups excluding carboxylic acids is 1. The fraction of sp³-hybridized carbons (Fsp3) is 0.350. The number of rotatable bonds is 9. The van der Waals surface area contributed by atoms with Gasteiger partial charge in [-0.15, -0.1) is 0 Å². The monoisotopic (exact) mass is 390 g/mol. The third kappa shape index (κ3) is 5.55. The number of nitrogens with one attached hydrogen (secondary N) is 1. The summed E-state index contributed by atoms with van der Waals surface area (Å²) < 4.78 is 30.5. The highest BCUT2D eigenvalue weighted by Crippen LogP contribution is 2.19. The van der Waals surface area contributed by atoms with Gasteiger partial charge >= 0.3 is 0 Å². The van der Waals surface area contributed by atoms with Gasteiger partial charge in [0.15, 0.2) is 0 Å². The number of benzene rings is 2. The summed E-state index contributed by atoms with van der Waals surface area (Å²) in [5, 5.41) is 2.86. The Bertz CT molecular complexity index is 862. The van der Waals surface area contributed by atoms with Gasteiger partial charge in [0, 0.05) is 26.2 Å². The van der Waals surface area contributed by atoms with Gasteiger partial charge in [-0.2, -0.15) is 0 Å². The zero-order chi connectivity index (χ0) is 19.9. The lowest BCUT2D eigenvalue weighted by molar-refractivity contribution is 0.0953. The lowest BCUT2D eigenvalue weighted by Crippen LogP contribution is -2.25. The minimum atomic E-state index is -3.48. The molecule has 0 heterocycles. The molecule has 27 heavy (non-hydrogen) atoms. The number of amides is 1. The minimum Gasteiger partial charge on any atom is -0.496 e. The molecule has 0 aliphatic carbocycles. The maximum Gasteiger partial charge on any atom is 0.251 e. The van der Waals surface area contributed by atoms with Crippen LogP contribution < -0.4 is 10.1 Å². The summed E-state index contributed by atoms with van der Waals surface area (Å²) >= 11 is 0. The lowest BCUT2D eigenvalue weighted by Gasteiger charge is -2.11. The smallest absolute Gasteiger partial charge is 0.251 e. The predicted molar refractivity (Wildman–Crippen MR) is 106 cm³/mol. The maximum absolute atomic E-state index is 12.2. The molecule has 1 amide bonds. The summed E-state index contributed by atoms with van der Waals surface area (Å²) in [5.41, 5.74) is 1.60. The number of aryl methyl sites for hydroxylation is 1. The van der Waals surface area contributed by atoms with Gasteiger partial charge in [-0.1, -0.05) is 18.2 Å². The molecule has 0 saturated heterocycles. The first kappa shape index (κ1) is 20.9. The highest BCUT2D eigenvalue weighted by atomic mass is 32.2. The van der Waals surface area contributed by atoms with E-state index in [-0.39, 0.29) is 10.8 Å². The molecule has 0 saturated carbocycles. The molecular formula is C20H26N2O4S. The van der Waals surface area contributed by atoms with E-state index in [1.807, 2.05) is 24.3 Å². The van der Waals surface area contributed by atoms with Crippen LogP contribution in [-0.2, 0) is 16.4 Å². The first-order chi connectivity index (χ1) is 12.9. The third-order valence-electron chi connectivity index (χ3n) is 4.25. The van der Waals surface area contributed by atoms with E-state index in [0.29, 0.717) is 12.1 Å². The largest absolute Gasteiger partial charge is 0.496 e. The Hall–Kier alpha value is -2.38. The van der Waals surface area contributed by atoms with E-state index in [0.717, 1.165) is 34.9 Å². The number of carbonyl (C=O) groups is 1. The minimum absolute atomic E-state index is 0.167. The Kier molecular flexibility index (Phi) is 7.38. The van der Waals surface area contributed by atoms with Crippen molar-refractivity contribution in [3.8, 4) is 5.75 Å². The molecule has 146 valence electrons. The molecule has 0 radical (unpaired) electrons. The Morgan fingerprint density at radius 1 is 1.04 bits per heavy atom. The summed E-state index contributed by atoms with van der Waals surface area (Å²) in [6.07, 6.45) is 2.66. The highest BCUT2D eigenvalue weighted by Gasteiger charge is 2.17. The third-order valence-corrected chi connectivity index (χ3v) is 6.08. The molecule has 0 fully saturated rings. The van der Waals surface area contributed by atoms with Crippen LogP contribution >= 0.6 is 0 Å². The van der Waals surface area contributed by atoms with Gasteiger partial charge in [-0.3, -0.25) is 4.79 Å². The van der Waals surface area contributed by atoms with Gasteiger partial charge in [0.2, 0.25) is 10.0 Å². The number of methoxy groups -OCH3 is 1. The lowest BCUT2D eigenvalue weighted by atomic mass is 10.1. The van der Waals surface area contributed by atoms with E-state index in [2.05, 4.69) is 5.32 Å². The molecule has 2 aromatic rings. The van der Waals surface area contributed by atoms with Crippen molar-refractivity contribution >= 4 is 15.9 Å². The molecule has 0 unspecified atom stereocenters. The predicted octanol–water partition coefficient (Wildman–Crippen LogP) is 2.70. The van der Waals surface area contributed by atoms with Gasteiger partial charge in [-0.05, 0) is 55.2 Å². The Labute approximate surface area is 161 Å². The number of unbranched alkanes of at least 4 members (excludes halogenated alkanes) is 1. The summed E-state index contributed by atoms with van der Waals surface area (Å²) in [7, 11) is 1.12. The topological polar surface area (TPSA) is 75.7 Å². The number of hydrogen-bond acceptors (Lipinski definition) is 4. The first-order valence-corrected chi connectivity index (χ1v) is 10.2. The molecule has 7 heteroatoms. The normalized spacial score (nSPS) is 11.4. The van der Waals surface area contributed by atoms with Crippen LogP contribution in [0.1, 0.15) is 28.8 Å². The average molecular weight is 391 g/mol. The Balaban J connectivity index is 1.81. The van der Waals surface area contributed by atoms with E-state index >= 15 is 0 Å². The van der Waals surface area contributed by atoms with Crippen molar-refractivity contribution in [1.29, 1.82) is 0 Å². The standard InChI is InChI=1S/C20H26N2O4S/c1-22(2)27(24,25)18-13-11-17(12-14-18)20(23)21-15-7-6-9-16-8-4-5-10-19(16)26-3/h4-5,8,10-14H,6-7,9,15H2,1-3H3,(H,21,23). The average Bonchev–Trinajstić information content (AvgIpc) is 2.67. The molecule has 0 aliphatic heterocycles. The quantitative estimate of drug-likeness (QED) is 0.668. The van der Waals surface area contributed by atoms with Crippen LogP contribution in [-0.4, -0.2) is 46.4 Å². The molecule has 0 atom stereocenters. The molecular weight excluding hydrogens is 364 g/mol. The second-order valence-corrected chi connectivity index (χ2v) is 8.49. The SMILES string of the molecule is COc1ccccc1CCCCNC(=O)c1ccc(S(=O)(=O)N(C)C)cc1. The van der Waals surface area contributed by atoms with Crippen LogP contribution in [0.3, 0.4) is 0 Å². The number of para-hydroxylation sites is 1. The van der Waals surface area contributed by atoms with Crippen molar-refractivity contribution < 1.29 is 17.9 Å². The maximum atomic E-state index is 12.2. The van der Waals surface area contributed by atoms with Crippen LogP contribution in [0.5, 0.6) is 5.75 Å². The molecule has 0 aliphatic rings. The first-order valence-electron chi connectivity index (χ1n) is 8.79. The van der Waals surface area contributed by atoms with Gasteiger partial charge in [-0.25, -0.2) is 12.7 Å². The van der Waals surface area contributed by atoms with Gasteiger partial charge in [0.05, 0.1) is 12.0 Å². The second-order valence-electron chi connectivity index (χ2n) is 6.34. The van der Waals surface area contributed by atoms with E-state index in [4.69, 9.17) is 4.74 Å². The fourth-order valence-corrected chi connectivity index (χ4v) is 3.54. The van der Waals surface area contributed by atoms with Crippen molar-refractivity contribution in [2.24, 2.45) is 0 Å². The van der Waals surface area contributed by atoms with E-state index < -0.39 is 10.0 Å². The molecule has 6 nitrogen and oxygen atoms in total. The summed E-state index contributed by atoms with van der Waals surface area (Å²) in [6, 6.07) is 13.9. The van der Waals surface area contributed by atoms with Crippen LogP contribution in [0.4, 0.5) is 0 Å². The van der Waals surface area contributed by atoms with Crippen molar-refractivity contribution in [1.82, 2.24) is 9.62 Å². The van der Waals surface area contributed by atoms with Crippen LogP contribution in [0.2, 0.25) is 0 Å². The fourth-order valence-electron chi connectivity index (χ4n) is 2.64. The Morgan fingerprint density at radius 2 is 1.70 bits per heavy atom. The molecule has 0 aromatic heterocycles. The number of nitrogens with zero attached hydrogens (tertiary/aromatic N) is 1. The van der Waals surface area contributed by atoms with E-state index in [1.54, 1.807) is 7.11 Å². The number of hydrogen-bond donors (Lipinski definition) is 1. The highest BCUT2D eigenvalue weighted by molar-refractivity contribution is 7.89. The molecule has 2 aromatic carbocycles. The summed E-state index contributed by atoms with van der Waals surface area (Å²) in [4.78, 5) is 12.3. The van der Waals surface area contributed by atoms with Crippen LogP contribution in [0.25, 0.3) is 0 Å². The molecule has 2 rings (SSSR count).